The summed E-state index contributed by atoms with van der Waals surface area (Å²) in [6.07, 6.45) is 3.81. The van der Waals surface area contributed by atoms with Gasteiger partial charge in [-0.2, -0.15) is 11.8 Å². The minimum absolute atomic E-state index is 0.377. The number of thiocarbonyl (C=S) groups is 1. The summed E-state index contributed by atoms with van der Waals surface area (Å²) in [5.41, 5.74) is 6.41. The van der Waals surface area contributed by atoms with Gasteiger partial charge in [0.1, 0.15) is 10.8 Å². The molecule has 0 aliphatic heterocycles. The van der Waals surface area contributed by atoms with Gasteiger partial charge in [-0.15, -0.1) is 0 Å². The standard InChI is InChI=1S/C10H15N3S2/c1-7(15-2)6-13-10-8(9(11)14)4-3-5-12-10/h3-5,7H,6H2,1-2H3,(H2,11,14)(H,12,13). The van der Waals surface area contributed by atoms with Gasteiger partial charge in [-0.3, -0.25) is 0 Å². The molecule has 1 aromatic rings. The van der Waals surface area contributed by atoms with Gasteiger partial charge in [0.25, 0.3) is 0 Å². The van der Waals surface area contributed by atoms with E-state index in [-0.39, 0.29) is 0 Å². The molecule has 5 heteroatoms. The molecule has 0 fully saturated rings. The van der Waals surface area contributed by atoms with Crippen molar-refractivity contribution in [1.82, 2.24) is 4.98 Å². The molecule has 1 heterocycles. The van der Waals surface area contributed by atoms with E-state index in [1.165, 1.54) is 0 Å². The van der Waals surface area contributed by atoms with Crippen molar-refractivity contribution in [2.45, 2.75) is 12.2 Å². The zero-order valence-corrected chi connectivity index (χ0v) is 10.5. The molecule has 0 bridgehead atoms. The topological polar surface area (TPSA) is 50.9 Å². The number of rotatable bonds is 5. The van der Waals surface area contributed by atoms with Crippen LogP contribution in [-0.2, 0) is 0 Å². The number of nitrogens with zero attached hydrogens (tertiary/aromatic N) is 1. The van der Waals surface area contributed by atoms with Gasteiger partial charge in [0.2, 0.25) is 0 Å². The lowest BCUT2D eigenvalue weighted by Gasteiger charge is -2.12. The molecule has 1 rings (SSSR count). The third-order valence-electron chi connectivity index (χ3n) is 2.03. The van der Waals surface area contributed by atoms with Crippen molar-refractivity contribution < 1.29 is 0 Å². The maximum absolute atomic E-state index is 5.60. The zero-order valence-electron chi connectivity index (χ0n) is 8.86. The molecule has 0 saturated carbocycles. The summed E-state index contributed by atoms with van der Waals surface area (Å²) in [5, 5.41) is 3.78. The van der Waals surface area contributed by atoms with Gasteiger partial charge >= 0.3 is 0 Å². The Morgan fingerprint density at radius 1 is 1.73 bits per heavy atom. The monoisotopic (exact) mass is 241 g/mol. The van der Waals surface area contributed by atoms with Crippen LogP contribution < -0.4 is 11.1 Å². The molecule has 0 aliphatic rings. The van der Waals surface area contributed by atoms with Crippen molar-refractivity contribution in [3.8, 4) is 0 Å². The lowest BCUT2D eigenvalue weighted by atomic mass is 10.2. The van der Waals surface area contributed by atoms with Crippen LogP contribution in [0.1, 0.15) is 12.5 Å². The Hall–Kier alpha value is -0.810. The van der Waals surface area contributed by atoms with E-state index >= 15 is 0 Å². The minimum Gasteiger partial charge on any atom is -0.389 e. The second-order valence-electron chi connectivity index (χ2n) is 3.19. The average molecular weight is 241 g/mol. The highest BCUT2D eigenvalue weighted by Crippen LogP contribution is 2.12. The predicted octanol–water partition coefficient (Wildman–Crippen LogP) is 1.88. The fourth-order valence-corrected chi connectivity index (χ4v) is 1.48. The predicted molar refractivity (Wildman–Crippen MR) is 71.6 cm³/mol. The molecule has 3 nitrogen and oxygen atoms in total. The molecule has 0 saturated heterocycles. The minimum atomic E-state index is 0.377. The first kappa shape index (κ1) is 12.3. The first-order valence-electron chi connectivity index (χ1n) is 4.66. The van der Waals surface area contributed by atoms with Crippen LogP contribution in [0, 0.1) is 0 Å². The Balaban J connectivity index is 2.72. The van der Waals surface area contributed by atoms with Crippen LogP contribution in [0.2, 0.25) is 0 Å². The van der Waals surface area contributed by atoms with E-state index in [1.807, 2.05) is 12.1 Å². The number of nitrogens with two attached hydrogens (primary N) is 1. The Morgan fingerprint density at radius 3 is 3.07 bits per heavy atom. The molecule has 0 aliphatic carbocycles. The number of anilines is 1. The summed E-state index contributed by atoms with van der Waals surface area (Å²) in [6.45, 7) is 3.01. The normalized spacial score (nSPS) is 12.1. The molecule has 3 N–H and O–H groups in total. The van der Waals surface area contributed by atoms with E-state index in [4.69, 9.17) is 18.0 Å². The Bertz CT molecular complexity index is 341. The molecule has 0 amide bonds. The summed E-state index contributed by atoms with van der Waals surface area (Å²) >= 11 is 6.75. The number of aromatic nitrogens is 1. The lowest BCUT2D eigenvalue weighted by molar-refractivity contribution is 0.991. The maximum atomic E-state index is 5.60. The number of pyridine rings is 1. The molecule has 0 spiro atoms. The van der Waals surface area contributed by atoms with Crippen LogP contribution >= 0.6 is 24.0 Å². The largest absolute Gasteiger partial charge is 0.389 e. The summed E-state index contributed by atoms with van der Waals surface area (Å²) in [6, 6.07) is 3.71. The van der Waals surface area contributed by atoms with Crippen LogP contribution in [0.25, 0.3) is 0 Å². The third-order valence-corrected chi connectivity index (χ3v) is 3.22. The Morgan fingerprint density at radius 2 is 2.47 bits per heavy atom. The van der Waals surface area contributed by atoms with E-state index in [2.05, 4.69) is 23.5 Å². The molecular formula is C10H15N3S2. The molecule has 0 aromatic carbocycles. The van der Waals surface area contributed by atoms with E-state index in [1.54, 1.807) is 18.0 Å². The van der Waals surface area contributed by atoms with E-state index in [9.17, 15) is 0 Å². The Kier molecular flexibility index (Phi) is 4.84. The second-order valence-corrected chi connectivity index (χ2v) is 4.91. The van der Waals surface area contributed by atoms with E-state index in [0.29, 0.717) is 10.2 Å². The fourth-order valence-electron chi connectivity index (χ4n) is 1.07. The first-order chi connectivity index (χ1) is 7.15. The summed E-state index contributed by atoms with van der Waals surface area (Å²) in [4.78, 5) is 4.60. The van der Waals surface area contributed by atoms with Gasteiger partial charge in [-0.1, -0.05) is 19.1 Å². The van der Waals surface area contributed by atoms with Gasteiger partial charge in [0.15, 0.2) is 0 Å². The summed E-state index contributed by atoms with van der Waals surface area (Å²) < 4.78 is 0. The van der Waals surface area contributed by atoms with E-state index < -0.39 is 0 Å². The zero-order chi connectivity index (χ0) is 11.3. The highest BCUT2D eigenvalue weighted by atomic mass is 32.2. The third kappa shape index (κ3) is 3.68. The van der Waals surface area contributed by atoms with Crippen molar-refractivity contribution in [3.63, 3.8) is 0 Å². The van der Waals surface area contributed by atoms with Gasteiger partial charge in [-0.05, 0) is 18.4 Å². The second kappa shape index (κ2) is 5.92. The van der Waals surface area contributed by atoms with Crippen LogP contribution in [0.4, 0.5) is 5.82 Å². The van der Waals surface area contributed by atoms with E-state index in [0.717, 1.165) is 17.9 Å². The van der Waals surface area contributed by atoms with Crippen LogP contribution in [0.5, 0.6) is 0 Å². The smallest absolute Gasteiger partial charge is 0.136 e. The van der Waals surface area contributed by atoms with Gasteiger partial charge in [-0.25, -0.2) is 4.98 Å². The quantitative estimate of drug-likeness (QED) is 0.771. The first-order valence-corrected chi connectivity index (χ1v) is 6.36. The molecule has 0 radical (unpaired) electrons. The highest BCUT2D eigenvalue weighted by molar-refractivity contribution is 7.99. The molecular weight excluding hydrogens is 226 g/mol. The van der Waals surface area contributed by atoms with Crippen LogP contribution in [0.3, 0.4) is 0 Å². The van der Waals surface area contributed by atoms with Crippen molar-refractivity contribution in [1.29, 1.82) is 0 Å². The van der Waals surface area contributed by atoms with Crippen molar-refractivity contribution in [2.24, 2.45) is 5.73 Å². The van der Waals surface area contributed by atoms with Crippen LogP contribution in [-0.4, -0.2) is 28.0 Å². The van der Waals surface area contributed by atoms with Crippen molar-refractivity contribution in [2.75, 3.05) is 18.1 Å². The highest BCUT2D eigenvalue weighted by Gasteiger charge is 2.06. The molecule has 1 atom stereocenters. The van der Waals surface area contributed by atoms with Gasteiger partial charge in [0, 0.05) is 18.0 Å². The number of nitrogens with one attached hydrogen (secondary N) is 1. The lowest BCUT2D eigenvalue weighted by Crippen LogP contribution is -2.18. The van der Waals surface area contributed by atoms with Gasteiger partial charge < -0.3 is 11.1 Å². The fraction of sp³-hybridized carbons (Fsp3) is 0.400. The summed E-state index contributed by atoms with van der Waals surface area (Å²) in [7, 11) is 0. The molecule has 1 aromatic heterocycles. The maximum Gasteiger partial charge on any atom is 0.136 e. The summed E-state index contributed by atoms with van der Waals surface area (Å²) in [5.74, 6) is 0.769. The van der Waals surface area contributed by atoms with Crippen molar-refractivity contribution >= 4 is 34.8 Å². The number of hydrogen-bond acceptors (Lipinski definition) is 4. The molecule has 15 heavy (non-hydrogen) atoms. The van der Waals surface area contributed by atoms with Crippen molar-refractivity contribution in [3.05, 3.63) is 23.9 Å². The molecule has 82 valence electrons. The van der Waals surface area contributed by atoms with Crippen LogP contribution in [0.15, 0.2) is 18.3 Å². The average Bonchev–Trinajstić information content (AvgIpc) is 2.26. The number of hydrogen-bond donors (Lipinski definition) is 2. The van der Waals surface area contributed by atoms with Gasteiger partial charge in [0.05, 0.1) is 5.56 Å². The Labute approximate surface area is 99.8 Å². The molecule has 1 unspecified atom stereocenters. The number of thioether (sulfide) groups is 1. The SMILES string of the molecule is CSC(C)CNc1ncccc1C(N)=S.